The van der Waals surface area contributed by atoms with Gasteiger partial charge in [-0.3, -0.25) is 14.6 Å². The predicted octanol–water partition coefficient (Wildman–Crippen LogP) is 1.09. The van der Waals surface area contributed by atoms with Crippen molar-refractivity contribution in [1.29, 1.82) is 0 Å². The highest BCUT2D eigenvalue weighted by molar-refractivity contribution is 5.93. The lowest BCUT2D eigenvalue weighted by Gasteiger charge is -2.09. The number of aromatic amines is 1. The fraction of sp³-hybridized carbons (Fsp3) is 0.375. The van der Waals surface area contributed by atoms with E-state index in [1.165, 1.54) is 12.4 Å². The molecule has 3 rings (SSSR count). The molecule has 2 aromatic heterocycles. The first-order chi connectivity index (χ1) is 11.2. The Bertz CT molecular complexity index is 747. The number of carbonyl (C=O) groups is 1. The lowest BCUT2D eigenvalue weighted by molar-refractivity contribution is 0.0950. The van der Waals surface area contributed by atoms with E-state index in [1.54, 1.807) is 6.20 Å². The van der Waals surface area contributed by atoms with Crippen LogP contribution in [0.5, 0.6) is 0 Å². The molecule has 0 radical (unpaired) electrons. The Morgan fingerprint density at radius 2 is 2.12 bits per heavy atom. The molecule has 3 heterocycles. The standard InChI is InChI=1S/C16H19N5O2.2ClH/c22-15-5-14(20-10-21-15)9-19-16(23)13-4-12(7-18-8-13)3-11-1-2-17-6-11;;/h4-5,7-8,10-11,17H,1-3,6,9H2,(H,19,23)(H,20,21,22);2*1H. The van der Waals surface area contributed by atoms with E-state index >= 15 is 0 Å². The van der Waals surface area contributed by atoms with Crippen molar-refractivity contribution in [3.63, 3.8) is 0 Å². The molecule has 0 aliphatic carbocycles. The van der Waals surface area contributed by atoms with Crippen LogP contribution in [0, 0.1) is 5.92 Å². The minimum absolute atomic E-state index is 0. The highest BCUT2D eigenvalue weighted by Crippen LogP contribution is 2.15. The monoisotopic (exact) mass is 385 g/mol. The Balaban J connectivity index is 0.00000156. The van der Waals surface area contributed by atoms with Crippen LogP contribution in [0.1, 0.15) is 28.0 Å². The minimum Gasteiger partial charge on any atom is -0.346 e. The Morgan fingerprint density at radius 1 is 1.28 bits per heavy atom. The van der Waals surface area contributed by atoms with Crippen molar-refractivity contribution in [3.05, 3.63) is 58.0 Å². The second kappa shape index (κ2) is 10.1. The Kier molecular flexibility index (Phi) is 8.54. The van der Waals surface area contributed by atoms with Gasteiger partial charge in [-0.05, 0) is 43.5 Å². The normalized spacial score (nSPS) is 15.8. The first-order valence-corrected chi connectivity index (χ1v) is 7.67. The van der Waals surface area contributed by atoms with E-state index < -0.39 is 0 Å². The molecule has 0 spiro atoms. The number of hydrogen-bond donors (Lipinski definition) is 3. The lowest BCUT2D eigenvalue weighted by Crippen LogP contribution is -2.24. The molecule has 1 aliphatic heterocycles. The van der Waals surface area contributed by atoms with Crippen LogP contribution in [-0.4, -0.2) is 33.9 Å². The quantitative estimate of drug-likeness (QED) is 0.715. The van der Waals surface area contributed by atoms with E-state index in [4.69, 9.17) is 0 Å². The summed E-state index contributed by atoms with van der Waals surface area (Å²) in [7, 11) is 0. The van der Waals surface area contributed by atoms with Gasteiger partial charge in [0, 0.05) is 18.5 Å². The van der Waals surface area contributed by atoms with Crippen molar-refractivity contribution in [2.45, 2.75) is 19.4 Å². The second-order valence-corrected chi connectivity index (χ2v) is 5.73. The predicted molar refractivity (Wildman–Crippen MR) is 99.4 cm³/mol. The van der Waals surface area contributed by atoms with Gasteiger partial charge in [0.1, 0.15) is 0 Å². The maximum atomic E-state index is 12.2. The molecule has 136 valence electrons. The van der Waals surface area contributed by atoms with E-state index in [1.807, 2.05) is 12.3 Å². The summed E-state index contributed by atoms with van der Waals surface area (Å²) in [5, 5.41) is 6.10. The van der Waals surface area contributed by atoms with Gasteiger partial charge in [0.05, 0.1) is 24.1 Å². The van der Waals surface area contributed by atoms with Crippen LogP contribution in [0.25, 0.3) is 0 Å². The van der Waals surface area contributed by atoms with Crippen molar-refractivity contribution in [2.75, 3.05) is 13.1 Å². The van der Waals surface area contributed by atoms with Crippen LogP contribution in [-0.2, 0) is 13.0 Å². The minimum atomic E-state index is -0.238. The van der Waals surface area contributed by atoms with Crippen molar-refractivity contribution < 1.29 is 4.79 Å². The zero-order valence-corrected chi connectivity index (χ0v) is 15.2. The number of nitrogens with one attached hydrogen (secondary N) is 3. The first-order valence-electron chi connectivity index (χ1n) is 7.67. The van der Waals surface area contributed by atoms with E-state index in [0.29, 0.717) is 17.2 Å². The largest absolute Gasteiger partial charge is 0.346 e. The SMILES string of the molecule is Cl.Cl.O=C(NCc1cc(=O)[nH]cn1)c1cncc(CC2CCNC2)c1. The molecular formula is C16H21Cl2N5O2. The van der Waals surface area contributed by atoms with Crippen LogP contribution >= 0.6 is 24.8 Å². The molecule has 25 heavy (non-hydrogen) atoms. The molecule has 1 atom stereocenters. The number of H-pyrrole nitrogens is 1. The Morgan fingerprint density at radius 3 is 2.84 bits per heavy atom. The highest BCUT2D eigenvalue weighted by atomic mass is 35.5. The number of amides is 1. The molecule has 9 heteroatoms. The van der Waals surface area contributed by atoms with Crippen molar-refractivity contribution >= 4 is 30.7 Å². The summed E-state index contributed by atoms with van der Waals surface area (Å²) in [6.07, 6.45) is 6.77. The molecular weight excluding hydrogens is 365 g/mol. The number of rotatable bonds is 5. The smallest absolute Gasteiger partial charge is 0.253 e. The molecule has 7 nitrogen and oxygen atoms in total. The summed E-state index contributed by atoms with van der Waals surface area (Å²) in [6.45, 7) is 2.28. The molecule has 1 amide bonds. The van der Waals surface area contributed by atoms with Crippen LogP contribution < -0.4 is 16.2 Å². The van der Waals surface area contributed by atoms with E-state index in [-0.39, 0.29) is 42.8 Å². The average molecular weight is 386 g/mol. The number of carbonyl (C=O) groups excluding carboxylic acids is 1. The van der Waals surface area contributed by atoms with Crippen molar-refractivity contribution in [1.82, 2.24) is 25.6 Å². The summed E-state index contributed by atoms with van der Waals surface area (Å²) in [5.41, 5.74) is 1.88. The summed E-state index contributed by atoms with van der Waals surface area (Å²) < 4.78 is 0. The number of nitrogens with zero attached hydrogens (tertiary/aromatic N) is 2. The zero-order chi connectivity index (χ0) is 16.1. The molecule has 1 unspecified atom stereocenters. The average Bonchev–Trinajstić information content (AvgIpc) is 3.06. The summed E-state index contributed by atoms with van der Waals surface area (Å²) in [5.74, 6) is 0.390. The number of aromatic nitrogens is 3. The molecule has 0 bridgehead atoms. The van der Waals surface area contributed by atoms with E-state index in [2.05, 4.69) is 25.6 Å². The summed E-state index contributed by atoms with van der Waals surface area (Å²) in [6, 6.07) is 3.24. The zero-order valence-electron chi connectivity index (χ0n) is 13.5. The van der Waals surface area contributed by atoms with Gasteiger partial charge < -0.3 is 15.6 Å². The fourth-order valence-corrected chi connectivity index (χ4v) is 2.72. The van der Waals surface area contributed by atoms with Gasteiger partial charge in [0.15, 0.2) is 0 Å². The Labute approximate surface area is 157 Å². The third kappa shape index (κ3) is 6.12. The lowest BCUT2D eigenvalue weighted by atomic mass is 9.99. The van der Waals surface area contributed by atoms with Gasteiger partial charge in [0.25, 0.3) is 11.5 Å². The number of pyridine rings is 1. The first kappa shape index (κ1) is 21.1. The maximum absolute atomic E-state index is 12.2. The number of hydrogen-bond acceptors (Lipinski definition) is 5. The summed E-state index contributed by atoms with van der Waals surface area (Å²) in [4.78, 5) is 34.0. The molecule has 0 aromatic carbocycles. The molecule has 1 fully saturated rings. The molecule has 1 aliphatic rings. The topological polar surface area (TPSA) is 99.8 Å². The fourth-order valence-electron chi connectivity index (χ4n) is 2.72. The third-order valence-electron chi connectivity index (χ3n) is 3.91. The molecule has 3 N–H and O–H groups in total. The van der Waals surface area contributed by atoms with Gasteiger partial charge >= 0.3 is 0 Å². The van der Waals surface area contributed by atoms with Crippen LogP contribution in [0.3, 0.4) is 0 Å². The number of halogens is 2. The van der Waals surface area contributed by atoms with Crippen molar-refractivity contribution in [3.8, 4) is 0 Å². The third-order valence-corrected chi connectivity index (χ3v) is 3.91. The highest BCUT2D eigenvalue weighted by Gasteiger charge is 2.16. The van der Waals surface area contributed by atoms with Crippen LogP contribution in [0.15, 0.2) is 35.6 Å². The van der Waals surface area contributed by atoms with Gasteiger partial charge in [-0.15, -0.1) is 24.8 Å². The van der Waals surface area contributed by atoms with Gasteiger partial charge in [0.2, 0.25) is 0 Å². The van der Waals surface area contributed by atoms with Gasteiger partial charge in [-0.2, -0.15) is 0 Å². The van der Waals surface area contributed by atoms with Crippen LogP contribution in [0.4, 0.5) is 0 Å². The van der Waals surface area contributed by atoms with Crippen LogP contribution in [0.2, 0.25) is 0 Å². The summed E-state index contributed by atoms with van der Waals surface area (Å²) >= 11 is 0. The van der Waals surface area contributed by atoms with Gasteiger partial charge in [-0.1, -0.05) is 0 Å². The van der Waals surface area contributed by atoms with E-state index in [9.17, 15) is 9.59 Å². The second-order valence-electron chi connectivity index (χ2n) is 5.73. The molecule has 2 aromatic rings. The van der Waals surface area contributed by atoms with E-state index in [0.717, 1.165) is 31.5 Å². The maximum Gasteiger partial charge on any atom is 0.253 e. The molecule has 0 saturated carbocycles. The molecule has 1 saturated heterocycles. The van der Waals surface area contributed by atoms with Crippen molar-refractivity contribution in [2.24, 2.45) is 5.92 Å². The van der Waals surface area contributed by atoms with Gasteiger partial charge in [-0.25, -0.2) is 4.98 Å². The Hall–Kier alpha value is -1.96.